The van der Waals surface area contributed by atoms with Gasteiger partial charge in [-0.25, -0.2) is 4.68 Å². The van der Waals surface area contributed by atoms with Crippen LogP contribution in [-0.4, -0.2) is 38.7 Å². The molecule has 6 heteroatoms. The molecule has 2 aromatic rings. The zero-order chi connectivity index (χ0) is 14.5. The van der Waals surface area contributed by atoms with Crippen LogP contribution in [0.2, 0.25) is 0 Å². The smallest absolute Gasteiger partial charge is 0.273 e. The number of aliphatic hydroxyl groups is 1. The second-order valence-corrected chi connectivity index (χ2v) is 4.73. The normalized spacial score (nSPS) is 12.2. The predicted molar refractivity (Wildman–Crippen MR) is 74.3 cm³/mol. The fourth-order valence-corrected chi connectivity index (χ4v) is 1.80. The summed E-state index contributed by atoms with van der Waals surface area (Å²) in [4.78, 5) is 11.9. The Morgan fingerprint density at radius 2 is 2.10 bits per heavy atom. The van der Waals surface area contributed by atoms with Crippen molar-refractivity contribution < 1.29 is 9.90 Å². The van der Waals surface area contributed by atoms with E-state index in [2.05, 4.69) is 15.6 Å². The third-order valence-electron chi connectivity index (χ3n) is 2.93. The molecule has 2 N–H and O–H groups in total. The Morgan fingerprint density at radius 1 is 1.40 bits per heavy atom. The van der Waals surface area contributed by atoms with Crippen LogP contribution in [0.3, 0.4) is 0 Å². The lowest BCUT2D eigenvalue weighted by Gasteiger charge is -2.06. The number of nitrogens with zero attached hydrogens (tertiary/aromatic N) is 3. The highest BCUT2D eigenvalue weighted by atomic mass is 16.3. The zero-order valence-electron chi connectivity index (χ0n) is 11.6. The van der Waals surface area contributed by atoms with E-state index in [0.29, 0.717) is 17.9 Å². The van der Waals surface area contributed by atoms with Crippen molar-refractivity contribution in [3.05, 3.63) is 47.3 Å². The molecule has 0 radical (unpaired) electrons. The summed E-state index contributed by atoms with van der Waals surface area (Å²) in [6.45, 7) is 4.19. The molecule has 0 spiro atoms. The first-order valence-corrected chi connectivity index (χ1v) is 6.48. The molecular weight excluding hydrogens is 256 g/mol. The molecule has 1 amide bonds. The molecule has 6 nitrogen and oxygen atoms in total. The van der Waals surface area contributed by atoms with Crippen molar-refractivity contribution in [3.63, 3.8) is 0 Å². The van der Waals surface area contributed by atoms with Crippen molar-refractivity contribution in [1.82, 2.24) is 20.3 Å². The maximum Gasteiger partial charge on any atom is 0.273 e. The topological polar surface area (TPSA) is 80.0 Å². The zero-order valence-corrected chi connectivity index (χ0v) is 11.6. The number of carbonyl (C=O) groups excluding carboxylic acids is 1. The van der Waals surface area contributed by atoms with E-state index in [1.165, 1.54) is 0 Å². The molecule has 1 aromatic heterocycles. The Hall–Kier alpha value is -2.21. The molecule has 1 atom stereocenters. The van der Waals surface area contributed by atoms with Crippen LogP contribution < -0.4 is 5.32 Å². The molecule has 106 valence electrons. The van der Waals surface area contributed by atoms with Gasteiger partial charge in [0.1, 0.15) is 0 Å². The van der Waals surface area contributed by atoms with Crippen molar-refractivity contribution in [2.45, 2.75) is 26.5 Å². The minimum atomic E-state index is -0.585. The predicted octanol–water partition coefficient (Wildman–Crippen LogP) is 0.745. The molecule has 1 aromatic carbocycles. The Balaban J connectivity index is 2.09. The third-order valence-corrected chi connectivity index (χ3v) is 2.93. The highest BCUT2D eigenvalue weighted by molar-refractivity contribution is 5.93. The van der Waals surface area contributed by atoms with E-state index in [1.807, 2.05) is 30.3 Å². The second-order valence-electron chi connectivity index (χ2n) is 4.73. The molecule has 0 aliphatic carbocycles. The van der Waals surface area contributed by atoms with Gasteiger partial charge in [0.05, 0.1) is 18.3 Å². The van der Waals surface area contributed by atoms with E-state index in [-0.39, 0.29) is 12.5 Å². The summed E-state index contributed by atoms with van der Waals surface area (Å²) in [5.41, 5.74) is 2.09. The van der Waals surface area contributed by atoms with Gasteiger partial charge in [-0.15, -0.1) is 5.10 Å². The number of aliphatic hydroxyl groups excluding tert-OH is 1. The first-order valence-electron chi connectivity index (χ1n) is 6.48. The average Bonchev–Trinajstić information content (AvgIpc) is 2.79. The number of hydrogen-bond donors (Lipinski definition) is 2. The maximum absolute atomic E-state index is 11.9. The van der Waals surface area contributed by atoms with Crippen LogP contribution in [0.25, 0.3) is 0 Å². The lowest BCUT2D eigenvalue weighted by molar-refractivity contribution is 0.0918. The maximum atomic E-state index is 11.9. The molecule has 1 unspecified atom stereocenters. The number of nitrogens with one attached hydrogen (secondary N) is 1. The average molecular weight is 274 g/mol. The van der Waals surface area contributed by atoms with Crippen LogP contribution in [-0.2, 0) is 6.54 Å². The molecule has 0 aliphatic heterocycles. The van der Waals surface area contributed by atoms with Crippen LogP contribution in [0.5, 0.6) is 0 Å². The van der Waals surface area contributed by atoms with Gasteiger partial charge in [-0.05, 0) is 19.4 Å². The van der Waals surface area contributed by atoms with Gasteiger partial charge in [-0.1, -0.05) is 35.5 Å². The molecule has 0 saturated carbocycles. The van der Waals surface area contributed by atoms with E-state index in [9.17, 15) is 4.79 Å². The molecule has 0 aliphatic rings. The Bertz CT molecular complexity index is 578. The Labute approximate surface area is 117 Å². The fourth-order valence-electron chi connectivity index (χ4n) is 1.80. The lowest BCUT2D eigenvalue weighted by atomic mass is 10.2. The summed E-state index contributed by atoms with van der Waals surface area (Å²) < 4.78 is 1.69. The molecule has 1 heterocycles. The summed E-state index contributed by atoms with van der Waals surface area (Å²) in [5.74, 6) is -0.317. The van der Waals surface area contributed by atoms with Gasteiger partial charge in [0.25, 0.3) is 5.91 Å². The Kier molecular flexibility index (Phi) is 4.47. The fraction of sp³-hybridized carbons (Fsp3) is 0.357. The van der Waals surface area contributed by atoms with Gasteiger partial charge in [-0.2, -0.15) is 0 Å². The summed E-state index contributed by atoms with van der Waals surface area (Å²) in [6, 6.07) is 9.85. The third kappa shape index (κ3) is 3.42. The van der Waals surface area contributed by atoms with Crippen molar-refractivity contribution >= 4 is 5.91 Å². The highest BCUT2D eigenvalue weighted by Gasteiger charge is 2.16. The van der Waals surface area contributed by atoms with Crippen molar-refractivity contribution in [1.29, 1.82) is 0 Å². The van der Waals surface area contributed by atoms with Gasteiger partial charge in [0.2, 0.25) is 0 Å². The SMILES string of the molecule is Cc1c(C(=O)NCC(C)O)nnn1Cc1ccccc1. The quantitative estimate of drug-likeness (QED) is 0.843. The highest BCUT2D eigenvalue weighted by Crippen LogP contribution is 2.07. The first-order chi connectivity index (χ1) is 9.58. The van der Waals surface area contributed by atoms with Crippen molar-refractivity contribution in [3.8, 4) is 0 Å². The van der Waals surface area contributed by atoms with Crippen LogP contribution in [0.4, 0.5) is 0 Å². The Morgan fingerprint density at radius 3 is 2.75 bits per heavy atom. The molecule has 20 heavy (non-hydrogen) atoms. The van der Waals surface area contributed by atoms with E-state index < -0.39 is 6.10 Å². The number of rotatable bonds is 5. The van der Waals surface area contributed by atoms with Crippen LogP contribution in [0, 0.1) is 6.92 Å². The number of hydrogen-bond acceptors (Lipinski definition) is 4. The number of carbonyl (C=O) groups is 1. The molecule has 0 bridgehead atoms. The summed E-state index contributed by atoms with van der Waals surface area (Å²) in [7, 11) is 0. The van der Waals surface area contributed by atoms with Gasteiger partial charge in [-0.3, -0.25) is 4.79 Å². The van der Waals surface area contributed by atoms with E-state index in [4.69, 9.17) is 5.11 Å². The molecule has 2 rings (SSSR count). The number of benzene rings is 1. The monoisotopic (exact) mass is 274 g/mol. The largest absolute Gasteiger partial charge is 0.392 e. The van der Waals surface area contributed by atoms with Crippen molar-refractivity contribution in [2.75, 3.05) is 6.54 Å². The van der Waals surface area contributed by atoms with Crippen LogP contribution in [0.1, 0.15) is 28.7 Å². The number of amides is 1. The standard InChI is InChI=1S/C14H18N4O2/c1-10(19)8-15-14(20)13-11(2)18(17-16-13)9-12-6-4-3-5-7-12/h3-7,10,19H,8-9H2,1-2H3,(H,15,20). The van der Waals surface area contributed by atoms with E-state index in [0.717, 1.165) is 5.56 Å². The van der Waals surface area contributed by atoms with E-state index >= 15 is 0 Å². The first kappa shape index (κ1) is 14.2. The lowest BCUT2D eigenvalue weighted by Crippen LogP contribution is -2.31. The molecular formula is C14H18N4O2. The van der Waals surface area contributed by atoms with Gasteiger partial charge >= 0.3 is 0 Å². The summed E-state index contributed by atoms with van der Waals surface area (Å²) in [5, 5.41) is 19.7. The minimum absolute atomic E-state index is 0.198. The van der Waals surface area contributed by atoms with Gasteiger partial charge in [0.15, 0.2) is 5.69 Å². The summed E-state index contributed by atoms with van der Waals surface area (Å²) in [6.07, 6.45) is -0.585. The molecule has 0 fully saturated rings. The number of aromatic nitrogens is 3. The summed E-state index contributed by atoms with van der Waals surface area (Å²) >= 11 is 0. The van der Waals surface area contributed by atoms with Crippen LogP contribution in [0.15, 0.2) is 30.3 Å². The van der Waals surface area contributed by atoms with Crippen molar-refractivity contribution in [2.24, 2.45) is 0 Å². The van der Waals surface area contributed by atoms with E-state index in [1.54, 1.807) is 18.5 Å². The molecule has 0 saturated heterocycles. The van der Waals surface area contributed by atoms with Gasteiger partial charge in [0, 0.05) is 6.54 Å². The second kappa shape index (κ2) is 6.29. The van der Waals surface area contributed by atoms with Gasteiger partial charge < -0.3 is 10.4 Å². The minimum Gasteiger partial charge on any atom is -0.392 e. The van der Waals surface area contributed by atoms with Crippen LogP contribution >= 0.6 is 0 Å².